The lowest BCUT2D eigenvalue weighted by Crippen LogP contribution is -2.01. The summed E-state index contributed by atoms with van der Waals surface area (Å²) >= 11 is 0. The SMILES string of the molecule is CCCCCc1ccccc1COCc1ccccc1CCCCC. The van der Waals surface area contributed by atoms with E-state index in [1.54, 1.807) is 0 Å². The van der Waals surface area contributed by atoms with Crippen LogP contribution in [0.5, 0.6) is 0 Å². The average Bonchev–Trinajstić information content (AvgIpc) is 2.64. The molecular formula is C24H34O. The smallest absolute Gasteiger partial charge is 0.0724 e. The molecule has 0 heterocycles. The van der Waals surface area contributed by atoms with Gasteiger partial charge in [-0.1, -0.05) is 88.1 Å². The summed E-state index contributed by atoms with van der Waals surface area (Å²) in [6.07, 6.45) is 10.0. The highest BCUT2D eigenvalue weighted by molar-refractivity contribution is 5.28. The van der Waals surface area contributed by atoms with Crippen molar-refractivity contribution in [3.05, 3.63) is 70.8 Å². The van der Waals surface area contributed by atoms with Gasteiger partial charge in [-0.15, -0.1) is 0 Å². The Morgan fingerprint density at radius 3 is 1.36 bits per heavy atom. The zero-order chi connectivity index (χ0) is 17.7. The number of unbranched alkanes of at least 4 members (excludes halogenated alkanes) is 4. The van der Waals surface area contributed by atoms with Gasteiger partial charge >= 0.3 is 0 Å². The molecule has 136 valence electrons. The molecule has 0 aromatic heterocycles. The summed E-state index contributed by atoms with van der Waals surface area (Å²) in [5.74, 6) is 0. The Hall–Kier alpha value is -1.60. The Labute approximate surface area is 154 Å². The molecule has 0 saturated heterocycles. The van der Waals surface area contributed by atoms with E-state index < -0.39 is 0 Å². The van der Waals surface area contributed by atoms with E-state index in [9.17, 15) is 0 Å². The number of rotatable bonds is 12. The molecule has 0 N–H and O–H groups in total. The molecule has 0 aliphatic heterocycles. The van der Waals surface area contributed by atoms with Crippen molar-refractivity contribution >= 4 is 0 Å². The van der Waals surface area contributed by atoms with Crippen molar-refractivity contribution in [1.29, 1.82) is 0 Å². The van der Waals surface area contributed by atoms with Gasteiger partial charge < -0.3 is 4.74 Å². The van der Waals surface area contributed by atoms with Crippen LogP contribution >= 0.6 is 0 Å². The van der Waals surface area contributed by atoms with Crippen LogP contribution in [0.1, 0.15) is 74.6 Å². The van der Waals surface area contributed by atoms with Crippen LogP contribution in [-0.4, -0.2) is 0 Å². The van der Waals surface area contributed by atoms with Gasteiger partial charge in [-0.2, -0.15) is 0 Å². The molecule has 0 bridgehead atoms. The maximum absolute atomic E-state index is 6.10. The monoisotopic (exact) mass is 338 g/mol. The van der Waals surface area contributed by atoms with Crippen molar-refractivity contribution in [2.75, 3.05) is 0 Å². The fraction of sp³-hybridized carbons (Fsp3) is 0.500. The van der Waals surface area contributed by atoms with Gasteiger partial charge in [0.1, 0.15) is 0 Å². The van der Waals surface area contributed by atoms with Gasteiger partial charge in [0, 0.05) is 0 Å². The normalized spacial score (nSPS) is 11.0. The highest BCUT2D eigenvalue weighted by Crippen LogP contribution is 2.17. The largest absolute Gasteiger partial charge is 0.372 e. The molecule has 0 radical (unpaired) electrons. The fourth-order valence-corrected chi connectivity index (χ4v) is 3.29. The fourth-order valence-electron chi connectivity index (χ4n) is 3.29. The Morgan fingerprint density at radius 2 is 0.960 bits per heavy atom. The van der Waals surface area contributed by atoms with Crippen molar-refractivity contribution in [3.8, 4) is 0 Å². The van der Waals surface area contributed by atoms with Gasteiger partial charge in [-0.3, -0.25) is 0 Å². The molecule has 0 spiro atoms. The van der Waals surface area contributed by atoms with Crippen molar-refractivity contribution in [1.82, 2.24) is 0 Å². The number of benzene rings is 2. The second-order valence-corrected chi connectivity index (χ2v) is 6.94. The number of aryl methyl sites for hydroxylation is 2. The molecule has 0 unspecified atom stereocenters. The highest BCUT2D eigenvalue weighted by atomic mass is 16.5. The Morgan fingerprint density at radius 1 is 0.560 bits per heavy atom. The van der Waals surface area contributed by atoms with Gasteiger partial charge in [0.05, 0.1) is 13.2 Å². The topological polar surface area (TPSA) is 9.23 Å². The standard InChI is InChI=1S/C24H34O/c1-3-5-7-13-21-15-9-11-17-23(21)19-25-20-24-18-12-10-16-22(24)14-8-6-4-2/h9-12,15-18H,3-8,13-14,19-20H2,1-2H3. The molecule has 0 saturated carbocycles. The lowest BCUT2D eigenvalue weighted by atomic mass is 10.0. The number of ether oxygens (including phenoxy) is 1. The van der Waals surface area contributed by atoms with Gasteiger partial charge in [0.15, 0.2) is 0 Å². The van der Waals surface area contributed by atoms with E-state index in [0.717, 1.165) is 0 Å². The lowest BCUT2D eigenvalue weighted by Gasteiger charge is -2.12. The minimum absolute atomic E-state index is 0.714. The third-order valence-electron chi connectivity index (χ3n) is 4.85. The third kappa shape index (κ3) is 7.04. The van der Waals surface area contributed by atoms with Crippen LogP contribution in [0.15, 0.2) is 48.5 Å². The first-order valence-electron chi connectivity index (χ1n) is 10.1. The summed E-state index contributed by atoms with van der Waals surface area (Å²) in [5, 5.41) is 0. The third-order valence-corrected chi connectivity index (χ3v) is 4.85. The van der Waals surface area contributed by atoms with E-state index in [1.165, 1.54) is 73.6 Å². The molecule has 0 amide bonds. The van der Waals surface area contributed by atoms with Crippen molar-refractivity contribution in [2.45, 2.75) is 78.4 Å². The van der Waals surface area contributed by atoms with E-state index in [4.69, 9.17) is 4.74 Å². The molecule has 1 heteroatoms. The molecular weight excluding hydrogens is 304 g/mol. The molecule has 25 heavy (non-hydrogen) atoms. The maximum atomic E-state index is 6.10. The van der Waals surface area contributed by atoms with Crippen LogP contribution in [-0.2, 0) is 30.8 Å². The molecule has 0 atom stereocenters. The summed E-state index contributed by atoms with van der Waals surface area (Å²) in [5.41, 5.74) is 5.60. The van der Waals surface area contributed by atoms with Gasteiger partial charge in [0.25, 0.3) is 0 Å². The Balaban J connectivity index is 1.88. The summed E-state index contributed by atoms with van der Waals surface area (Å²) in [6, 6.07) is 17.5. The summed E-state index contributed by atoms with van der Waals surface area (Å²) in [4.78, 5) is 0. The minimum atomic E-state index is 0.714. The van der Waals surface area contributed by atoms with E-state index in [1.807, 2.05) is 0 Å². The molecule has 0 aliphatic rings. The van der Waals surface area contributed by atoms with Gasteiger partial charge in [-0.25, -0.2) is 0 Å². The first kappa shape index (κ1) is 19.7. The zero-order valence-electron chi connectivity index (χ0n) is 16.1. The molecule has 0 fully saturated rings. The molecule has 1 nitrogen and oxygen atoms in total. The predicted octanol–water partition coefficient (Wildman–Crippen LogP) is 6.87. The van der Waals surface area contributed by atoms with Crippen molar-refractivity contribution in [3.63, 3.8) is 0 Å². The van der Waals surface area contributed by atoms with Crippen LogP contribution in [0.4, 0.5) is 0 Å². The first-order chi connectivity index (χ1) is 12.3. The molecule has 2 aromatic rings. The summed E-state index contributed by atoms with van der Waals surface area (Å²) in [6.45, 7) is 5.94. The van der Waals surface area contributed by atoms with E-state index in [2.05, 4.69) is 62.4 Å². The molecule has 2 rings (SSSR count). The molecule has 0 aliphatic carbocycles. The van der Waals surface area contributed by atoms with Crippen molar-refractivity contribution < 1.29 is 4.74 Å². The van der Waals surface area contributed by atoms with Crippen LogP contribution in [0, 0.1) is 0 Å². The van der Waals surface area contributed by atoms with E-state index in [0.29, 0.717) is 13.2 Å². The van der Waals surface area contributed by atoms with E-state index >= 15 is 0 Å². The first-order valence-corrected chi connectivity index (χ1v) is 10.1. The average molecular weight is 339 g/mol. The summed E-state index contributed by atoms with van der Waals surface area (Å²) < 4.78 is 6.10. The van der Waals surface area contributed by atoms with Gasteiger partial charge in [-0.05, 0) is 47.9 Å². The predicted molar refractivity (Wildman–Crippen MR) is 108 cm³/mol. The zero-order valence-corrected chi connectivity index (χ0v) is 16.1. The minimum Gasteiger partial charge on any atom is -0.372 e. The van der Waals surface area contributed by atoms with Crippen LogP contribution < -0.4 is 0 Å². The highest BCUT2D eigenvalue weighted by Gasteiger charge is 2.05. The quantitative estimate of drug-likeness (QED) is 0.384. The second-order valence-electron chi connectivity index (χ2n) is 6.94. The van der Waals surface area contributed by atoms with Gasteiger partial charge in [0.2, 0.25) is 0 Å². The van der Waals surface area contributed by atoms with Crippen LogP contribution in [0.2, 0.25) is 0 Å². The van der Waals surface area contributed by atoms with Crippen LogP contribution in [0.3, 0.4) is 0 Å². The number of hydrogen-bond donors (Lipinski definition) is 0. The number of hydrogen-bond acceptors (Lipinski definition) is 1. The second kappa shape index (κ2) is 11.9. The maximum Gasteiger partial charge on any atom is 0.0724 e. The Kier molecular flexibility index (Phi) is 9.36. The summed E-state index contributed by atoms with van der Waals surface area (Å²) in [7, 11) is 0. The Bertz CT molecular complexity index is 549. The lowest BCUT2D eigenvalue weighted by molar-refractivity contribution is 0.106. The van der Waals surface area contributed by atoms with Crippen molar-refractivity contribution in [2.24, 2.45) is 0 Å². The van der Waals surface area contributed by atoms with E-state index in [-0.39, 0.29) is 0 Å². The molecule has 2 aromatic carbocycles. The van der Waals surface area contributed by atoms with Crippen LogP contribution in [0.25, 0.3) is 0 Å².